The van der Waals surface area contributed by atoms with Crippen LogP contribution >= 0.6 is 0 Å². The third-order valence-electron chi connectivity index (χ3n) is 1.34. The van der Waals surface area contributed by atoms with Gasteiger partial charge in [0.1, 0.15) is 6.67 Å². The lowest BCUT2D eigenvalue weighted by Gasteiger charge is -2.21. The summed E-state index contributed by atoms with van der Waals surface area (Å²) in [5.74, 6) is 0.720. The van der Waals surface area contributed by atoms with Crippen LogP contribution in [0, 0.1) is 0 Å². The average molecular weight is 141 g/mol. The fourth-order valence-corrected chi connectivity index (χ4v) is 0.716. The Bertz CT molecular complexity index is 182. The predicted octanol–water partition coefficient (Wildman–Crippen LogP) is -1.09. The summed E-state index contributed by atoms with van der Waals surface area (Å²) in [7, 11) is 0. The summed E-state index contributed by atoms with van der Waals surface area (Å²) in [6.07, 6.45) is 0. The van der Waals surface area contributed by atoms with E-state index in [2.05, 4.69) is 9.98 Å². The van der Waals surface area contributed by atoms with Crippen LogP contribution < -0.4 is 11.5 Å². The maximum Gasteiger partial charge on any atom is 0.220 e. The molecular weight excluding hydrogens is 130 g/mol. The highest BCUT2D eigenvalue weighted by molar-refractivity contribution is 5.94. The molecule has 1 aliphatic rings. The van der Waals surface area contributed by atoms with Gasteiger partial charge in [-0.2, -0.15) is 4.99 Å². The second kappa shape index (κ2) is 2.55. The van der Waals surface area contributed by atoms with Crippen molar-refractivity contribution < 1.29 is 0 Å². The monoisotopic (exact) mass is 141 g/mol. The van der Waals surface area contributed by atoms with E-state index in [4.69, 9.17) is 11.5 Å². The summed E-state index contributed by atoms with van der Waals surface area (Å²) < 4.78 is 0. The lowest BCUT2D eigenvalue weighted by atomic mass is 10.6. The Hall–Kier alpha value is -1.26. The van der Waals surface area contributed by atoms with Crippen molar-refractivity contribution in [1.82, 2.24) is 4.90 Å². The quantitative estimate of drug-likeness (QED) is 0.487. The van der Waals surface area contributed by atoms with Gasteiger partial charge < -0.3 is 16.4 Å². The average Bonchev–Trinajstić information content (AvgIpc) is 1.88. The third-order valence-corrected chi connectivity index (χ3v) is 1.34. The molecule has 5 heteroatoms. The molecule has 0 aromatic rings. The van der Waals surface area contributed by atoms with Gasteiger partial charge in [-0.3, -0.25) is 0 Å². The minimum Gasteiger partial charge on any atom is -0.369 e. The first-order valence-corrected chi connectivity index (χ1v) is 3.13. The number of hydrogen-bond acceptors (Lipinski definition) is 5. The van der Waals surface area contributed by atoms with E-state index in [9.17, 15) is 0 Å². The second-order valence-corrected chi connectivity index (χ2v) is 1.98. The molecule has 1 aliphatic heterocycles. The van der Waals surface area contributed by atoms with E-state index < -0.39 is 0 Å². The van der Waals surface area contributed by atoms with E-state index in [-0.39, 0.29) is 5.96 Å². The fourth-order valence-electron chi connectivity index (χ4n) is 0.716. The Kier molecular flexibility index (Phi) is 1.75. The first-order valence-electron chi connectivity index (χ1n) is 3.13. The summed E-state index contributed by atoms with van der Waals surface area (Å²) in [5, 5.41) is 0. The van der Waals surface area contributed by atoms with Crippen LogP contribution in [0.5, 0.6) is 0 Å². The molecule has 4 N–H and O–H groups in total. The zero-order chi connectivity index (χ0) is 7.56. The third kappa shape index (κ3) is 1.18. The molecule has 0 unspecified atom stereocenters. The molecular formula is C5H11N5. The van der Waals surface area contributed by atoms with Crippen molar-refractivity contribution in [2.45, 2.75) is 6.92 Å². The molecule has 0 aromatic heterocycles. The molecule has 1 rings (SSSR count). The second-order valence-electron chi connectivity index (χ2n) is 1.98. The lowest BCUT2D eigenvalue weighted by Crippen LogP contribution is -2.41. The Morgan fingerprint density at radius 3 is 2.80 bits per heavy atom. The smallest absolute Gasteiger partial charge is 0.220 e. The molecule has 0 bridgehead atoms. The van der Waals surface area contributed by atoms with Crippen LogP contribution in [0.15, 0.2) is 9.98 Å². The van der Waals surface area contributed by atoms with Crippen molar-refractivity contribution in [3.05, 3.63) is 0 Å². The molecule has 1 heterocycles. The van der Waals surface area contributed by atoms with E-state index >= 15 is 0 Å². The Labute approximate surface area is 59.4 Å². The van der Waals surface area contributed by atoms with Crippen molar-refractivity contribution in [2.75, 3.05) is 13.2 Å². The molecule has 10 heavy (non-hydrogen) atoms. The van der Waals surface area contributed by atoms with Crippen molar-refractivity contribution >= 4 is 11.9 Å². The predicted molar refractivity (Wildman–Crippen MR) is 40.5 cm³/mol. The van der Waals surface area contributed by atoms with E-state index in [0.29, 0.717) is 12.6 Å². The van der Waals surface area contributed by atoms with Gasteiger partial charge in [0.25, 0.3) is 0 Å². The zero-order valence-corrected chi connectivity index (χ0v) is 5.91. The van der Waals surface area contributed by atoms with Crippen LogP contribution in [0.1, 0.15) is 6.92 Å². The standard InChI is InChI=1S/C5H11N5/c1-2-10-3-8-4(6)9-5(10)7/h2-3H2,1H3,(H4,6,7,8,9). The van der Waals surface area contributed by atoms with Crippen LogP contribution in [-0.2, 0) is 0 Å². The van der Waals surface area contributed by atoms with E-state index in [1.165, 1.54) is 0 Å². The molecule has 0 aromatic carbocycles. The van der Waals surface area contributed by atoms with Crippen molar-refractivity contribution in [2.24, 2.45) is 21.5 Å². The Morgan fingerprint density at radius 1 is 1.60 bits per heavy atom. The summed E-state index contributed by atoms with van der Waals surface area (Å²) in [4.78, 5) is 9.50. The number of aliphatic imine (C=N–C) groups is 2. The molecule has 0 atom stereocenters. The van der Waals surface area contributed by atoms with Gasteiger partial charge in [0.05, 0.1) is 0 Å². The summed E-state index contributed by atoms with van der Waals surface area (Å²) in [6.45, 7) is 3.32. The van der Waals surface area contributed by atoms with E-state index in [1.807, 2.05) is 11.8 Å². The van der Waals surface area contributed by atoms with Crippen molar-refractivity contribution in [3.63, 3.8) is 0 Å². The first kappa shape index (κ1) is 6.85. The van der Waals surface area contributed by atoms with Gasteiger partial charge in [0, 0.05) is 6.54 Å². The largest absolute Gasteiger partial charge is 0.369 e. The summed E-state index contributed by atoms with van der Waals surface area (Å²) >= 11 is 0. The minimum atomic E-state index is 0.266. The molecule has 0 spiro atoms. The maximum atomic E-state index is 5.50. The number of guanidine groups is 2. The van der Waals surface area contributed by atoms with E-state index in [1.54, 1.807) is 0 Å². The Morgan fingerprint density at radius 2 is 2.30 bits per heavy atom. The number of nitrogens with two attached hydrogens (primary N) is 2. The topological polar surface area (TPSA) is 80.0 Å². The van der Waals surface area contributed by atoms with Gasteiger partial charge in [-0.05, 0) is 6.92 Å². The van der Waals surface area contributed by atoms with Crippen molar-refractivity contribution in [1.29, 1.82) is 0 Å². The number of nitrogens with zero attached hydrogens (tertiary/aromatic N) is 3. The molecule has 0 aliphatic carbocycles. The highest BCUT2D eigenvalue weighted by Crippen LogP contribution is 1.93. The normalized spacial score (nSPS) is 18.3. The van der Waals surface area contributed by atoms with Gasteiger partial charge >= 0.3 is 0 Å². The highest BCUT2D eigenvalue weighted by Gasteiger charge is 2.08. The molecule has 0 amide bonds. The summed E-state index contributed by atoms with van der Waals surface area (Å²) in [5.41, 5.74) is 10.8. The molecule has 0 radical (unpaired) electrons. The lowest BCUT2D eigenvalue weighted by molar-refractivity contribution is 0.445. The first-order chi connectivity index (χ1) is 4.74. The van der Waals surface area contributed by atoms with Gasteiger partial charge in [-0.15, -0.1) is 0 Å². The molecule has 56 valence electrons. The molecule has 0 fully saturated rings. The van der Waals surface area contributed by atoms with Crippen LogP contribution in [0.2, 0.25) is 0 Å². The van der Waals surface area contributed by atoms with Gasteiger partial charge in [-0.1, -0.05) is 0 Å². The molecule has 0 saturated carbocycles. The fraction of sp³-hybridized carbons (Fsp3) is 0.600. The van der Waals surface area contributed by atoms with Gasteiger partial charge in [-0.25, -0.2) is 4.99 Å². The molecule has 5 nitrogen and oxygen atoms in total. The van der Waals surface area contributed by atoms with Crippen LogP contribution in [0.4, 0.5) is 0 Å². The highest BCUT2D eigenvalue weighted by atomic mass is 15.3. The van der Waals surface area contributed by atoms with Gasteiger partial charge in [0.15, 0.2) is 0 Å². The van der Waals surface area contributed by atoms with E-state index in [0.717, 1.165) is 6.54 Å². The maximum absolute atomic E-state index is 5.50. The van der Waals surface area contributed by atoms with Gasteiger partial charge in [0.2, 0.25) is 11.9 Å². The van der Waals surface area contributed by atoms with Crippen molar-refractivity contribution in [3.8, 4) is 0 Å². The minimum absolute atomic E-state index is 0.266. The van der Waals surface area contributed by atoms with Crippen LogP contribution in [0.25, 0.3) is 0 Å². The number of hydrogen-bond donors (Lipinski definition) is 2. The Balaban J connectivity index is 2.68. The van der Waals surface area contributed by atoms with Crippen LogP contribution in [0.3, 0.4) is 0 Å². The van der Waals surface area contributed by atoms with Crippen LogP contribution in [-0.4, -0.2) is 30.0 Å². The zero-order valence-electron chi connectivity index (χ0n) is 5.91. The molecule has 0 saturated heterocycles. The number of rotatable bonds is 1. The summed E-state index contributed by atoms with van der Waals surface area (Å²) in [6, 6.07) is 0. The SMILES string of the molecule is CCN1CN=C(N)N=C1N.